The van der Waals surface area contributed by atoms with Gasteiger partial charge in [0.2, 0.25) is 0 Å². The van der Waals surface area contributed by atoms with Crippen LogP contribution >= 0.6 is 0 Å². The van der Waals surface area contributed by atoms with Gasteiger partial charge in [-0.25, -0.2) is 4.68 Å². The highest BCUT2D eigenvalue weighted by atomic mass is 15.3. The van der Waals surface area contributed by atoms with Gasteiger partial charge in [-0.1, -0.05) is 111 Å². The first-order chi connectivity index (χ1) is 19.9. The Kier molecular flexibility index (Phi) is 7.03. The second kappa shape index (κ2) is 10.9. The molecule has 0 spiro atoms. The lowest BCUT2D eigenvalue weighted by atomic mass is 9.87. The highest BCUT2D eigenvalue weighted by molar-refractivity contribution is 5.77. The van der Waals surface area contributed by atoms with E-state index in [1.807, 2.05) is 12.1 Å². The van der Waals surface area contributed by atoms with Crippen molar-refractivity contribution in [3.8, 4) is 28.2 Å². The first kappa shape index (κ1) is 26.3. The standard InChI is InChI=1S/C38H35N3/c1-28-15-19-32(20-16-28)40(33-21-17-31(18-22-33)38(2,3)4)34-23-25-35(26-24-34)41-37(30-13-9-6-10-14-30)27-36(39-41)29-11-7-5-8-12-29/h5-27H,1-4H3. The number of aryl methyl sites for hydroxylation is 1. The maximum absolute atomic E-state index is 5.06. The van der Waals surface area contributed by atoms with Crippen LogP contribution in [-0.4, -0.2) is 9.78 Å². The minimum absolute atomic E-state index is 0.105. The van der Waals surface area contributed by atoms with E-state index in [-0.39, 0.29) is 5.41 Å². The Bertz CT molecular complexity index is 1720. The third-order valence-corrected chi connectivity index (χ3v) is 7.48. The fraction of sp³-hybridized carbons (Fsp3) is 0.132. The second-order valence-corrected chi connectivity index (χ2v) is 11.5. The monoisotopic (exact) mass is 533 g/mol. The lowest BCUT2D eigenvalue weighted by molar-refractivity contribution is 0.590. The predicted molar refractivity (Wildman–Crippen MR) is 173 cm³/mol. The summed E-state index contributed by atoms with van der Waals surface area (Å²) in [6, 6.07) is 49.3. The van der Waals surface area contributed by atoms with Gasteiger partial charge in [-0.15, -0.1) is 0 Å². The molecule has 41 heavy (non-hydrogen) atoms. The van der Waals surface area contributed by atoms with Crippen LogP contribution in [0.5, 0.6) is 0 Å². The zero-order chi connectivity index (χ0) is 28.4. The maximum atomic E-state index is 5.06. The van der Waals surface area contributed by atoms with Gasteiger partial charge in [0.15, 0.2) is 0 Å². The summed E-state index contributed by atoms with van der Waals surface area (Å²) in [5.41, 5.74) is 11.3. The average Bonchev–Trinajstić information content (AvgIpc) is 3.45. The van der Waals surface area contributed by atoms with Gasteiger partial charge in [-0.05, 0) is 72.5 Å². The van der Waals surface area contributed by atoms with Crippen LogP contribution in [0, 0.1) is 6.92 Å². The van der Waals surface area contributed by atoms with Gasteiger partial charge in [-0.3, -0.25) is 0 Å². The van der Waals surface area contributed by atoms with Gasteiger partial charge in [0.25, 0.3) is 0 Å². The zero-order valence-electron chi connectivity index (χ0n) is 24.1. The summed E-state index contributed by atoms with van der Waals surface area (Å²) in [7, 11) is 0. The normalized spacial score (nSPS) is 11.4. The van der Waals surface area contributed by atoms with E-state index in [1.54, 1.807) is 0 Å². The fourth-order valence-corrected chi connectivity index (χ4v) is 5.14. The summed E-state index contributed by atoms with van der Waals surface area (Å²) < 4.78 is 2.05. The predicted octanol–water partition coefficient (Wildman–Crippen LogP) is 10.3. The number of aromatic nitrogens is 2. The van der Waals surface area contributed by atoms with Crippen molar-refractivity contribution in [1.82, 2.24) is 9.78 Å². The van der Waals surface area contributed by atoms with Gasteiger partial charge >= 0.3 is 0 Å². The zero-order valence-corrected chi connectivity index (χ0v) is 24.1. The molecular formula is C38H35N3. The number of hydrogen-bond donors (Lipinski definition) is 0. The number of hydrogen-bond acceptors (Lipinski definition) is 2. The molecule has 0 aliphatic heterocycles. The second-order valence-electron chi connectivity index (χ2n) is 11.5. The first-order valence-corrected chi connectivity index (χ1v) is 14.2. The van der Waals surface area contributed by atoms with Crippen LogP contribution in [0.25, 0.3) is 28.2 Å². The number of anilines is 3. The molecule has 0 saturated heterocycles. The third kappa shape index (κ3) is 5.57. The highest BCUT2D eigenvalue weighted by Crippen LogP contribution is 2.37. The minimum atomic E-state index is 0.105. The summed E-state index contributed by atoms with van der Waals surface area (Å²) in [5.74, 6) is 0. The largest absolute Gasteiger partial charge is 0.311 e. The molecule has 0 aliphatic carbocycles. The van der Waals surface area contributed by atoms with Crippen molar-refractivity contribution < 1.29 is 0 Å². The van der Waals surface area contributed by atoms with E-state index in [4.69, 9.17) is 5.10 Å². The van der Waals surface area contributed by atoms with Crippen LogP contribution in [0.3, 0.4) is 0 Å². The molecule has 6 rings (SSSR count). The summed E-state index contributed by atoms with van der Waals surface area (Å²) in [6.07, 6.45) is 0. The Morgan fingerprint density at radius 1 is 0.561 bits per heavy atom. The molecule has 3 heteroatoms. The van der Waals surface area contributed by atoms with Gasteiger partial charge in [0.05, 0.1) is 17.1 Å². The molecule has 1 heterocycles. The number of rotatable bonds is 6. The minimum Gasteiger partial charge on any atom is -0.311 e. The molecule has 0 amide bonds. The van der Waals surface area contributed by atoms with Gasteiger partial charge in [0, 0.05) is 28.2 Å². The topological polar surface area (TPSA) is 21.1 Å². The van der Waals surface area contributed by atoms with Crippen LogP contribution in [0.15, 0.2) is 140 Å². The van der Waals surface area contributed by atoms with E-state index in [0.717, 1.165) is 45.3 Å². The van der Waals surface area contributed by atoms with Crippen LogP contribution in [-0.2, 0) is 5.41 Å². The molecule has 0 N–H and O–H groups in total. The fourth-order valence-electron chi connectivity index (χ4n) is 5.14. The van der Waals surface area contributed by atoms with Crippen molar-refractivity contribution >= 4 is 17.1 Å². The molecule has 6 aromatic rings. The average molecular weight is 534 g/mol. The smallest absolute Gasteiger partial charge is 0.0934 e. The van der Waals surface area contributed by atoms with E-state index >= 15 is 0 Å². The molecule has 0 aliphatic rings. The summed E-state index contributed by atoms with van der Waals surface area (Å²) in [5, 5.41) is 5.06. The van der Waals surface area contributed by atoms with E-state index in [0.29, 0.717) is 0 Å². The molecule has 0 saturated carbocycles. The molecule has 0 bridgehead atoms. The van der Waals surface area contributed by atoms with Crippen LogP contribution in [0.4, 0.5) is 17.1 Å². The molecule has 202 valence electrons. The Morgan fingerprint density at radius 2 is 1.05 bits per heavy atom. The van der Waals surface area contributed by atoms with Crippen LogP contribution in [0.2, 0.25) is 0 Å². The number of nitrogens with zero attached hydrogens (tertiary/aromatic N) is 3. The Balaban J connectivity index is 1.42. The van der Waals surface area contributed by atoms with Crippen molar-refractivity contribution in [1.29, 1.82) is 0 Å². The van der Waals surface area contributed by atoms with E-state index in [1.165, 1.54) is 11.1 Å². The molecule has 1 aromatic heterocycles. The summed E-state index contributed by atoms with van der Waals surface area (Å²) in [6.45, 7) is 8.88. The van der Waals surface area contributed by atoms with Crippen molar-refractivity contribution in [3.05, 3.63) is 151 Å². The lowest BCUT2D eigenvalue weighted by Crippen LogP contribution is -2.13. The van der Waals surface area contributed by atoms with Gasteiger partial charge < -0.3 is 4.90 Å². The first-order valence-electron chi connectivity index (χ1n) is 14.2. The van der Waals surface area contributed by atoms with Crippen molar-refractivity contribution in [2.75, 3.05) is 4.90 Å². The SMILES string of the molecule is Cc1ccc(N(c2ccc(-n3nc(-c4ccccc4)cc3-c3ccccc3)cc2)c2ccc(C(C)(C)C)cc2)cc1. The molecule has 0 fully saturated rings. The highest BCUT2D eigenvalue weighted by Gasteiger charge is 2.18. The quantitative estimate of drug-likeness (QED) is 0.212. The van der Waals surface area contributed by atoms with E-state index in [2.05, 4.69) is 165 Å². The summed E-state index contributed by atoms with van der Waals surface area (Å²) in [4.78, 5) is 2.31. The molecule has 3 nitrogen and oxygen atoms in total. The van der Waals surface area contributed by atoms with E-state index in [9.17, 15) is 0 Å². The Labute approximate surface area is 243 Å². The van der Waals surface area contributed by atoms with Crippen LogP contribution < -0.4 is 4.90 Å². The van der Waals surface area contributed by atoms with Crippen molar-refractivity contribution in [2.45, 2.75) is 33.1 Å². The number of benzene rings is 5. The Morgan fingerprint density at radius 3 is 1.59 bits per heavy atom. The molecule has 0 atom stereocenters. The molecule has 5 aromatic carbocycles. The summed E-state index contributed by atoms with van der Waals surface area (Å²) >= 11 is 0. The molecule has 0 unspecified atom stereocenters. The lowest BCUT2D eigenvalue weighted by Gasteiger charge is -2.27. The Hall–Kier alpha value is -4.89. The van der Waals surface area contributed by atoms with Gasteiger partial charge in [-0.2, -0.15) is 5.10 Å². The third-order valence-electron chi connectivity index (χ3n) is 7.48. The molecular weight excluding hydrogens is 498 g/mol. The van der Waals surface area contributed by atoms with Crippen LogP contribution in [0.1, 0.15) is 31.9 Å². The van der Waals surface area contributed by atoms with Crippen molar-refractivity contribution in [3.63, 3.8) is 0 Å². The van der Waals surface area contributed by atoms with Gasteiger partial charge in [0.1, 0.15) is 0 Å². The maximum Gasteiger partial charge on any atom is 0.0934 e. The molecule has 0 radical (unpaired) electrons. The van der Waals surface area contributed by atoms with E-state index < -0.39 is 0 Å². The van der Waals surface area contributed by atoms with Crippen molar-refractivity contribution in [2.24, 2.45) is 0 Å².